The van der Waals surface area contributed by atoms with Crippen LogP contribution in [0.5, 0.6) is 0 Å². The molecule has 0 aliphatic carbocycles. The average Bonchev–Trinajstić information content (AvgIpc) is 2.14. The molecule has 0 aliphatic heterocycles. The van der Waals surface area contributed by atoms with Gasteiger partial charge in [-0.2, -0.15) is 0 Å². The minimum absolute atomic E-state index is 0.0840. The lowest BCUT2D eigenvalue weighted by atomic mass is 9.86. The first-order valence-electron chi connectivity index (χ1n) is 5.91. The molecule has 6 nitrogen and oxygen atoms in total. The molecule has 1 unspecified atom stereocenters. The molecule has 0 aromatic carbocycles. The van der Waals surface area contributed by atoms with Crippen molar-refractivity contribution < 1.29 is 23.4 Å². The summed E-state index contributed by atoms with van der Waals surface area (Å²) in [5.41, 5.74) is -0.303. The van der Waals surface area contributed by atoms with Crippen molar-refractivity contribution in [3.05, 3.63) is 0 Å². The maximum Gasteiger partial charge on any atom is 0.303 e. The zero-order chi connectivity index (χ0) is 14.4. The van der Waals surface area contributed by atoms with E-state index in [1.165, 1.54) is 0 Å². The third-order valence-electron chi connectivity index (χ3n) is 2.59. The first-order valence-corrected chi connectivity index (χ1v) is 7.56. The zero-order valence-electron chi connectivity index (χ0n) is 11.1. The topological polar surface area (TPSA) is 104 Å². The molecular formula is C11H23NO5S. The fourth-order valence-electron chi connectivity index (χ4n) is 1.49. The number of hydrogen-bond donors (Lipinski definition) is 3. The second kappa shape index (κ2) is 7.06. The van der Waals surface area contributed by atoms with Crippen LogP contribution in [0.3, 0.4) is 0 Å². The van der Waals surface area contributed by atoms with E-state index in [1.54, 1.807) is 0 Å². The first-order chi connectivity index (χ1) is 8.08. The highest BCUT2D eigenvalue weighted by atomic mass is 32.2. The van der Waals surface area contributed by atoms with Crippen LogP contribution in [0.25, 0.3) is 0 Å². The van der Waals surface area contributed by atoms with Crippen molar-refractivity contribution in [2.75, 3.05) is 12.4 Å². The van der Waals surface area contributed by atoms with Crippen LogP contribution in [0.15, 0.2) is 0 Å². The van der Waals surface area contributed by atoms with E-state index in [-0.39, 0.29) is 36.7 Å². The molecular weight excluding hydrogens is 258 g/mol. The van der Waals surface area contributed by atoms with E-state index in [0.29, 0.717) is 6.42 Å². The van der Waals surface area contributed by atoms with Gasteiger partial charge in [-0.1, -0.05) is 20.8 Å². The summed E-state index contributed by atoms with van der Waals surface area (Å²) < 4.78 is 26.0. The molecule has 3 N–H and O–H groups in total. The molecule has 0 heterocycles. The second-order valence-corrected chi connectivity index (χ2v) is 7.24. The Morgan fingerprint density at radius 1 is 1.33 bits per heavy atom. The Kier molecular flexibility index (Phi) is 6.80. The van der Waals surface area contributed by atoms with Crippen molar-refractivity contribution in [2.24, 2.45) is 5.41 Å². The first kappa shape index (κ1) is 17.3. The molecule has 0 bridgehead atoms. The van der Waals surface area contributed by atoms with Crippen molar-refractivity contribution in [1.29, 1.82) is 0 Å². The predicted molar refractivity (Wildman–Crippen MR) is 68.7 cm³/mol. The van der Waals surface area contributed by atoms with Gasteiger partial charge in [0.1, 0.15) is 0 Å². The Labute approximate surface area is 108 Å². The molecule has 1 atom stereocenters. The van der Waals surface area contributed by atoms with Crippen LogP contribution in [0.4, 0.5) is 0 Å². The maximum atomic E-state index is 11.8. The second-order valence-electron chi connectivity index (χ2n) is 5.36. The molecule has 0 radical (unpaired) electrons. The normalized spacial score (nSPS) is 14.4. The number of aliphatic hydroxyl groups excluding tert-OH is 1. The van der Waals surface area contributed by atoms with Gasteiger partial charge in [-0.15, -0.1) is 0 Å². The molecule has 0 fully saturated rings. The Bertz CT molecular complexity index is 358. The predicted octanol–water partition coefficient (Wildman–Crippen LogP) is 0.568. The van der Waals surface area contributed by atoms with E-state index in [1.807, 2.05) is 20.8 Å². The summed E-state index contributed by atoms with van der Waals surface area (Å²) in [6.07, 6.45) is 0.253. The number of aliphatic carboxylic acids is 1. The van der Waals surface area contributed by atoms with Crippen LogP contribution in [0.1, 0.15) is 40.0 Å². The molecule has 0 aliphatic rings. The smallest absolute Gasteiger partial charge is 0.303 e. The van der Waals surface area contributed by atoms with Crippen molar-refractivity contribution in [2.45, 2.75) is 46.1 Å². The van der Waals surface area contributed by atoms with Crippen LogP contribution in [0, 0.1) is 5.41 Å². The molecule has 0 rings (SSSR count). The lowest BCUT2D eigenvalue weighted by Crippen LogP contribution is -2.45. The van der Waals surface area contributed by atoms with Gasteiger partial charge in [-0.3, -0.25) is 4.79 Å². The summed E-state index contributed by atoms with van der Waals surface area (Å²) in [6.45, 7) is 5.55. The number of carboxylic acids is 1. The monoisotopic (exact) mass is 281 g/mol. The van der Waals surface area contributed by atoms with Crippen LogP contribution < -0.4 is 4.72 Å². The van der Waals surface area contributed by atoms with Gasteiger partial charge in [0.15, 0.2) is 0 Å². The van der Waals surface area contributed by atoms with Crippen LogP contribution in [-0.2, 0) is 14.8 Å². The third-order valence-corrected chi connectivity index (χ3v) is 4.06. The number of nitrogens with one attached hydrogen (secondary N) is 1. The summed E-state index contributed by atoms with van der Waals surface area (Å²) in [6, 6.07) is -0.364. The quantitative estimate of drug-likeness (QED) is 0.603. The standard InChI is InChI=1S/C11H23NO5S/c1-11(2,3)9(6-7-13)12-18(16,17)8-4-5-10(14)15/h9,12-13H,4-8H2,1-3H3,(H,14,15). The Morgan fingerprint density at radius 3 is 2.28 bits per heavy atom. The number of sulfonamides is 1. The number of carbonyl (C=O) groups is 1. The maximum absolute atomic E-state index is 11.8. The van der Waals surface area contributed by atoms with E-state index < -0.39 is 16.0 Å². The largest absolute Gasteiger partial charge is 0.481 e. The number of hydrogen-bond acceptors (Lipinski definition) is 4. The highest BCUT2D eigenvalue weighted by molar-refractivity contribution is 7.89. The van der Waals surface area contributed by atoms with Gasteiger partial charge in [-0.05, 0) is 18.3 Å². The van der Waals surface area contributed by atoms with Crippen molar-refractivity contribution in [3.8, 4) is 0 Å². The van der Waals surface area contributed by atoms with E-state index >= 15 is 0 Å². The zero-order valence-corrected chi connectivity index (χ0v) is 12.0. The van der Waals surface area contributed by atoms with E-state index in [2.05, 4.69) is 4.72 Å². The van der Waals surface area contributed by atoms with Gasteiger partial charge in [0.05, 0.1) is 5.75 Å². The van der Waals surface area contributed by atoms with Gasteiger partial charge >= 0.3 is 5.97 Å². The Morgan fingerprint density at radius 2 is 1.89 bits per heavy atom. The molecule has 0 spiro atoms. The number of carboxylic acid groups (broad SMARTS) is 1. The SMILES string of the molecule is CC(C)(C)C(CCO)NS(=O)(=O)CCCC(=O)O. The summed E-state index contributed by atoms with van der Waals surface area (Å²) >= 11 is 0. The summed E-state index contributed by atoms with van der Waals surface area (Å²) in [5.74, 6) is -1.22. The fraction of sp³-hybridized carbons (Fsp3) is 0.909. The summed E-state index contributed by atoms with van der Waals surface area (Å²) in [7, 11) is -3.51. The summed E-state index contributed by atoms with van der Waals surface area (Å²) in [5, 5.41) is 17.4. The van der Waals surface area contributed by atoms with Gasteiger partial charge < -0.3 is 10.2 Å². The molecule has 108 valence electrons. The summed E-state index contributed by atoms with van der Waals surface area (Å²) in [4.78, 5) is 10.3. The van der Waals surface area contributed by atoms with Crippen LogP contribution >= 0.6 is 0 Å². The lowest BCUT2D eigenvalue weighted by molar-refractivity contribution is -0.137. The molecule has 0 saturated carbocycles. The minimum atomic E-state index is -3.51. The van der Waals surface area contributed by atoms with Crippen molar-refractivity contribution in [3.63, 3.8) is 0 Å². The average molecular weight is 281 g/mol. The van der Waals surface area contributed by atoms with Crippen LogP contribution in [0.2, 0.25) is 0 Å². The molecule has 18 heavy (non-hydrogen) atoms. The number of rotatable bonds is 8. The van der Waals surface area contributed by atoms with Gasteiger partial charge in [0.2, 0.25) is 10.0 Å². The third kappa shape index (κ3) is 7.62. The van der Waals surface area contributed by atoms with E-state index in [4.69, 9.17) is 10.2 Å². The van der Waals surface area contributed by atoms with E-state index in [9.17, 15) is 13.2 Å². The van der Waals surface area contributed by atoms with Crippen molar-refractivity contribution in [1.82, 2.24) is 4.72 Å². The molecule has 0 amide bonds. The minimum Gasteiger partial charge on any atom is -0.481 e. The van der Waals surface area contributed by atoms with Crippen molar-refractivity contribution >= 4 is 16.0 Å². The lowest BCUT2D eigenvalue weighted by Gasteiger charge is -2.30. The van der Waals surface area contributed by atoms with E-state index in [0.717, 1.165) is 0 Å². The Hall–Kier alpha value is -0.660. The van der Waals surface area contributed by atoms with Gasteiger partial charge in [-0.25, -0.2) is 13.1 Å². The number of aliphatic hydroxyl groups is 1. The van der Waals surface area contributed by atoms with Gasteiger partial charge in [0.25, 0.3) is 0 Å². The molecule has 0 saturated heterocycles. The molecule has 7 heteroatoms. The highest BCUT2D eigenvalue weighted by Crippen LogP contribution is 2.22. The van der Waals surface area contributed by atoms with Crippen LogP contribution in [-0.4, -0.2) is 43.0 Å². The highest BCUT2D eigenvalue weighted by Gasteiger charge is 2.28. The fourth-order valence-corrected chi connectivity index (χ4v) is 3.03. The Balaban J connectivity index is 4.47. The molecule has 0 aromatic rings. The van der Waals surface area contributed by atoms with Gasteiger partial charge in [0, 0.05) is 19.1 Å². The molecule has 0 aromatic heterocycles.